The number of benzene rings is 1. The lowest BCUT2D eigenvalue weighted by atomic mass is 9.53. The van der Waals surface area contributed by atoms with Gasteiger partial charge in [-0.05, 0) is 75.3 Å². The molecule has 4 fully saturated rings. The van der Waals surface area contributed by atoms with Crippen molar-refractivity contribution < 1.29 is 31.1 Å². The number of alkyl halides is 3. The highest BCUT2D eigenvalue weighted by molar-refractivity contribution is 7.90. The fourth-order valence-corrected chi connectivity index (χ4v) is 7.51. The Hall–Kier alpha value is -1.81. The van der Waals surface area contributed by atoms with Crippen molar-refractivity contribution in [2.75, 3.05) is 0 Å². The van der Waals surface area contributed by atoms with E-state index in [1.165, 1.54) is 25.1 Å². The van der Waals surface area contributed by atoms with E-state index in [0.29, 0.717) is 19.3 Å². The molecule has 0 aliphatic heterocycles. The number of halogens is 3. The van der Waals surface area contributed by atoms with Crippen LogP contribution in [0.5, 0.6) is 5.75 Å². The summed E-state index contributed by atoms with van der Waals surface area (Å²) < 4.78 is 69.6. The molecule has 0 heterocycles. The number of carbonyl (C=O) groups excluding carboxylic acids is 1. The lowest BCUT2D eigenvalue weighted by Crippen LogP contribution is -2.66. The summed E-state index contributed by atoms with van der Waals surface area (Å²) in [7, 11) is -3.71. The predicted octanol–water partition coefficient (Wildman–Crippen LogP) is 3.60. The molecule has 178 valence electrons. The van der Waals surface area contributed by atoms with Crippen LogP contribution < -0.4 is 15.2 Å². The lowest BCUT2D eigenvalue weighted by Gasteiger charge is -2.59. The summed E-state index contributed by atoms with van der Waals surface area (Å²) in [6, 6.07) is 4.61. The Morgan fingerprint density at radius 2 is 1.78 bits per heavy atom. The van der Waals surface area contributed by atoms with Gasteiger partial charge in [-0.1, -0.05) is 19.1 Å². The third-order valence-electron chi connectivity index (χ3n) is 7.80. The molecule has 1 amide bonds. The Bertz CT molecular complexity index is 997. The molecule has 4 bridgehead atoms. The average molecular weight is 475 g/mol. The van der Waals surface area contributed by atoms with Crippen molar-refractivity contribution in [3.8, 4) is 5.75 Å². The zero-order valence-electron chi connectivity index (χ0n) is 18.1. The van der Waals surface area contributed by atoms with Gasteiger partial charge in [0.2, 0.25) is 10.0 Å². The summed E-state index contributed by atoms with van der Waals surface area (Å²) >= 11 is 0. The summed E-state index contributed by atoms with van der Waals surface area (Å²) in [5.41, 5.74) is -2.44. The molecule has 0 spiro atoms. The maximum atomic E-state index is 13.4. The summed E-state index contributed by atoms with van der Waals surface area (Å²) in [4.78, 5) is 13.3. The summed E-state index contributed by atoms with van der Waals surface area (Å²) in [6.07, 6.45) is -1.42. The molecular formula is C22H29F3N2O4S. The van der Waals surface area contributed by atoms with Crippen molar-refractivity contribution in [1.29, 1.82) is 0 Å². The van der Waals surface area contributed by atoms with Crippen molar-refractivity contribution in [3.63, 3.8) is 0 Å². The molecule has 0 saturated heterocycles. The Kier molecular flexibility index (Phi) is 5.56. The van der Waals surface area contributed by atoms with E-state index in [9.17, 15) is 26.4 Å². The van der Waals surface area contributed by atoms with Crippen LogP contribution in [0.4, 0.5) is 13.2 Å². The first-order valence-corrected chi connectivity index (χ1v) is 12.5. The highest BCUT2D eigenvalue weighted by Gasteiger charge is 2.60. The molecule has 10 heteroatoms. The van der Waals surface area contributed by atoms with Crippen LogP contribution in [0.15, 0.2) is 24.3 Å². The van der Waals surface area contributed by atoms with E-state index in [2.05, 4.69) is 5.32 Å². The van der Waals surface area contributed by atoms with Gasteiger partial charge in [0.05, 0.1) is 10.3 Å². The van der Waals surface area contributed by atoms with Crippen molar-refractivity contribution in [1.82, 2.24) is 5.32 Å². The minimum Gasteiger partial charge on any atom is -0.477 e. The van der Waals surface area contributed by atoms with E-state index in [0.717, 1.165) is 18.9 Å². The van der Waals surface area contributed by atoms with Crippen molar-refractivity contribution >= 4 is 15.9 Å². The summed E-state index contributed by atoms with van der Waals surface area (Å²) in [5, 5.41) is 8.60. The molecule has 3 unspecified atom stereocenters. The van der Waals surface area contributed by atoms with Gasteiger partial charge in [-0.25, -0.2) is 13.6 Å². The zero-order chi connectivity index (χ0) is 23.5. The first-order valence-electron chi connectivity index (χ1n) is 11.0. The number of rotatable bonds is 6. The molecule has 5 rings (SSSR count). The van der Waals surface area contributed by atoms with Gasteiger partial charge in [-0.3, -0.25) is 4.79 Å². The predicted molar refractivity (Wildman–Crippen MR) is 112 cm³/mol. The lowest BCUT2D eigenvalue weighted by molar-refractivity contribution is -0.146. The molecular weight excluding hydrogens is 445 g/mol. The van der Waals surface area contributed by atoms with Crippen molar-refractivity contribution in [2.45, 2.75) is 74.9 Å². The molecule has 4 saturated carbocycles. The number of primary sulfonamides is 1. The van der Waals surface area contributed by atoms with Gasteiger partial charge in [-0.15, -0.1) is 0 Å². The standard InChI is InChI=1S/C22H29F3N2O4S/c1-3-20(2,31-17-7-5-4-6-16(17)22(23,24)25)19(28)27-18-14-8-13-9-15(18)12-21(10-13,11-14)32(26,29)30/h4-7,13-15,18H,3,8-12H2,1-2H3,(H,27,28)(H2,26,29,30). The second kappa shape index (κ2) is 7.62. The molecule has 3 atom stereocenters. The van der Waals surface area contributed by atoms with Gasteiger partial charge < -0.3 is 10.1 Å². The number of amides is 1. The van der Waals surface area contributed by atoms with Crippen LogP contribution in [0.25, 0.3) is 0 Å². The maximum absolute atomic E-state index is 13.4. The molecule has 4 aliphatic carbocycles. The number of nitrogens with two attached hydrogens (primary N) is 1. The highest BCUT2D eigenvalue weighted by Crippen LogP contribution is 2.58. The number of carbonyl (C=O) groups is 1. The van der Waals surface area contributed by atoms with Crippen LogP contribution in [-0.4, -0.2) is 30.7 Å². The number of sulfonamides is 1. The first-order chi connectivity index (χ1) is 14.8. The summed E-state index contributed by atoms with van der Waals surface area (Å²) in [6.45, 7) is 3.17. The van der Waals surface area contributed by atoms with Gasteiger partial charge in [0.1, 0.15) is 5.75 Å². The SMILES string of the molecule is CCC(C)(Oc1ccccc1C(F)(F)F)C(=O)NC1C2CC3CC1CC(S(N)(=O)=O)(C3)C2. The summed E-state index contributed by atoms with van der Waals surface area (Å²) in [5.74, 6) is -0.650. The van der Waals surface area contributed by atoms with Crippen LogP contribution in [0.3, 0.4) is 0 Å². The Morgan fingerprint density at radius 3 is 2.31 bits per heavy atom. The smallest absolute Gasteiger partial charge is 0.419 e. The number of para-hydroxylation sites is 1. The third-order valence-corrected chi connectivity index (χ3v) is 9.51. The van der Waals surface area contributed by atoms with Gasteiger partial charge in [0.25, 0.3) is 5.91 Å². The first kappa shape index (κ1) is 23.4. The fourth-order valence-electron chi connectivity index (χ4n) is 6.15. The van der Waals surface area contributed by atoms with E-state index in [4.69, 9.17) is 9.88 Å². The minimum absolute atomic E-state index is 0.0212. The average Bonchev–Trinajstić information content (AvgIpc) is 2.68. The zero-order valence-corrected chi connectivity index (χ0v) is 18.9. The van der Waals surface area contributed by atoms with Gasteiger partial charge in [0, 0.05) is 6.04 Å². The maximum Gasteiger partial charge on any atom is 0.419 e. The molecule has 3 N–H and O–H groups in total. The largest absolute Gasteiger partial charge is 0.477 e. The van der Waals surface area contributed by atoms with Gasteiger partial charge in [-0.2, -0.15) is 13.2 Å². The Morgan fingerprint density at radius 1 is 1.19 bits per heavy atom. The minimum atomic E-state index is -4.61. The highest BCUT2D eigenvalue weighted by atomic mass is 32.2. The number of hydrogen-bond donors (Lipinski definition) is 2. The number of ether oxygens (including phenoxy) is 1. The molecule has 1 aromatic rings. The van der Waals surface area contributed by atoms with E-state index in [1.54, 1.807) is 6.92 Å². The molecule has 32 heavy (non-hydrogen) atoms. The second-order valence-corrected chi connectivity index (χ2v) is 11.8. The van der Waals surface area contributed by atoms with Gasteiger partial charge >= 0.3 is 6.18 Å². The Balaban J connectivity index is 1.54. The van der Waals surface area contributed by atoms with Crippen LogP contribution in [0.2, 0.25) is 0 Å². The van der Waals surface area contributed by atoms with Crippen LogP contribution in [-0.2, 0) is 21.0 Å². The van der Waals surface area contributed by atoms with Crippen molar-refractivity contribution in [2.24, 2.45) is 22.9 Å². The normalized spacial score (nSPS) is 33.6. The van der Waals surface area contributed by atoms with Crippen LogP contribution >= 0.6 is 0 Å². The quantitative estimate of drug-likeness (QED) is 0.658. The third kappa shape index (κ3) is 3.89. The number of hydrogen-bond acceptors (Lipinski definition) is 4. The van der Waals surface area contributed by atoms with Crippen LogP contribution in [0.1, 0.15) is 57.9 Å². The number of nitrogens with one attached hydrogen (secondary N) is 1. The van der Waals surface area contributed by atoms with E-state index in [1.807, 2.05) is 0 Å². The molecule has 0 radical (unpaired) electrons. The van der Waals surface area contributed by atoms with Crippen LogP contribution in [0, 0.1) is 17.8 Å². The fraction of sp³-hybridized carbons (Fsp3) is 0.682. The molecule has 4 aliphatic rings. The molecule has 6 nitrogen and oxygen atoms in total. The second-order valence-electron chi connectivity index (χ2n) is 9.88. The molecule has 1 aromatic carbocycles. The Labute approximate surface area is 186 Å². The monoisotopic (exact) mass is 474 g/mol. The molecule has 0 aromatic heterocycles. The van der Waals surface area contributed by atoms with Crippen molar-refractivity contribution in [3.05, 3.63) is 29.8 Å². The van der Waals surface area contributed by atoms with E-state index >= 15 is 0 Å². The van der Waals surface area contributed by atoms with E-state index in [-0.39, 0.29) is 30.2 Å². The van der Waals surface area contributed by atoms with Gasteiger partial charge in [0.15, 0.2) is 5.60 Å². The van der Waals surface area contributed by atoms with E-state index < -0.39 is 43.8 Å². The topological polar surface area (TPSA) is 98.5 Å².